The highest BCUT2D eigenvalue weighted by Crippen LogP contribution is 2.33. The van der Waals surface area contributed by atoms with Crippen LogP contribution in [0.5, 0.6) is 0 Å². The van der Waals surface area contributed by atoms with Crippen molar-refractivity contribution in [2.45, 2.75) is 32.0 Å². The van der Waals surface area contributed by atoms with Gasteiger partial charge in [0.1, 0.15) is 0 Å². The van der Waals surface area contributed by atoms with Crippen LogP contribution in [0.2, 0.25) is 0 Å². The summed E-state index contributed by atoms with van der Waals surface area (Å²) in [7, 11) is 0. The molecule has 0 saturated carbocycles. The zero-order valence-electron chi connectivity index (χ0n) is 8.51. The highest BCUT2D eigenvalue weighted by Gasteiger charge is 2.35. The summed E-state index contributed by atoms with van der Waals surface area (Å²) in [4.78, 5) is 0. The molecule has 0 bridgehead atoms. The van der Waals surface area contributed by atoms with Crippen LogP contribution in [-0.4, -0.2) is 16.2 Å². The second kappa shape index (κ2) is 5.16. The summed E-state index contributed by atoms with van der Waals surface area (Å²) in [5.41, 5.74) is 0. The maximum absolute atomic E-state index is 12.2. The van der Waals surface area contributed by atoms with Crippen molar-refractivity contribution in [1.82, 2.24) is 10.2 Å². The molecule has 0 aliphatic carbocycles. The molecule has 1 atom stereocenters. The Labute approximate surface area is 95.1 Å². The van der Waals surface area contributed by atoms with Crippen molar-refractivity contribution in [2.75, 3.05) is 5.32 Å². The van der Waals surface area contributed by atoms with E-state index in [4.69, 9.17) is 6.42 Å². The second-order valence-electron chi connectivity index (χ2n) is 3.07. The van der Waals surface area contributed by atoms with E-state index in [1.54, 1.807) is 0 Å². The van der Waals surface area contributed by atoms with E-state index in [9.17, 15) is 13.2 Å². The quantitative estimate of drug-likeness (QED) is 0.834. The lowest BCUT2D eigenvalue weighted by atomic mass is 10.2. The second-order valence-corrected chi connectivity index (χ2v) is 4.05. The number of hydrogen-bond donors (Lipinski definition) is 1. The Bertz CT molecular complexity index is 380. The minimum absolute atomic E-state index is 0.0703. The van der Waals surface area contributed by atoms with Crippen LogP contribution in [-0.2, 0) is 6.18 Å². The first-order valence-corrected chi connectivity index (χ1v) is 5.39. The minimum atomic E-state index is -4.44. The minimum Gasteiger partial charge on any atom is -0.356 e. The van der Waals surface area contributed by atoms with E-state index in [1.807, 2.05) is 6.92 Å². The first-order chi connectivity index (χ1) is 7.47. The lowest BCUT2D eigenvalue weighted by Gasteiger charge is -2.11. The van der Waals surface area contributed by atoms with E-state index in [2.05, 4.69) is 21.4 Å². The van der Waals surface area contributed by atoms with Gasteiger partial charge in [-0.25, -0.2) is 0 Å². The molecule has 1 N–H and O–H groups in total. The molecule has 88 valence electrons. The van der Waals surface area contributed by atoms with Crippen molar-refractivity contribution in [3.63, 3.8) is 0 Å². The molecule has 0 spiro atoms. The molecule has 7 heteroatoms. The summed E-state index contributed by atoms with van der Waals surface area (Å²) in [6.45, 7) is 1.89. The van der Waals surface area contributed by atoms with Gasteiger partial charge in [0, 0.05) is 12.5 Å². The molecule has 0 aliphatic rings. The topological polar surface area (TPSA) is 37.8 Å². The third kappa shape index (κ3) is 3.38. The van der Waals surface area contributed by atoms with Gasteiger partial charge in [-0.3, -0.25) is 0 Å². The lowest BCUT2D eigenvalue weighted by molar-refractivity contribution is -0.138. The predicted molar refractivity (Wildman–Crippen MR) is 56.1 cm³/mol. The van der Waals surface area contributed by atoms with E-state index in [1.165, 1.54) is 0 Å². The number of terminal acetylenes is 1. The Morgan fingerprint density at radius 2 is 2.19 bits per heavy atom. The van der Waals surface area contributed by atoms with Crippen LogP contribution < -0.4 is 5.32 Å². The van der Waals surface area contributed by atoms with E-state index in [0.29, 0.717) is 24.2 Å². The standard InChI is InChI=1S/C9H10F3N3S/c1-3-5-6(4-2)13-8-15-14-7(16-8)9(10,11)12/h1,6H,4-5H2,2H3,(H,13,15). The van der Waals surface area contributed by atoms with Crippen molar-refractivity contribution >= 4 is 16.5 Å². The number of rotatable bonds is 4. The Kier molecular flexibility index (Phi) is 4.12. The molecule has 1 aromatic heterocycles. The monoisotopic (exact) mass is 249 g/mol. The molecule has 3 nitrogen and oxygen atoms in total. The Morgan fingerprint density at radius 3 is 2.62 bits per heavy atom. The molecular weight excluding hydrogens is 239 g/mol. The molecule has 0 amide bonds. The predicted octanol–water partition coefficient (Wildman–Crippen LogP) is 2.77. The fraction of sp³-hybridized carbons (Fsp3) is 0.556. The van der Waals surface area contributed by atoms with Gasteiger partial charge in [-0.15, -0.1) is 22.5 Å². The molecule has 0 aromatic carbocycles. The number of alkyl halides is 3. The smallest absolute Gasteiger partial charge is 0.356 e. The summed E-state index contributed by atoms with van der Waals surface area (Å²) in [5, 5.41) is 8.50. The Morgan fingerprint density at radius 1 is 1.50 bits per heavy atom. The number of nitrogens with zero attached hydrogens (tertiary/aromatic N) is 2. The molecule has 0 fully saturated rings. The first-order valence-electron chi connectivity index (χ1n) is 4.58. The average molecular weight is 249 g/mol. The summed E-state index contributed by atoms with van der Waals surface area (Å²) < 4.78 is 36.6. The van der Waals surface area contributed by atoms with Crippen LogP contribution in [0.4, 0.5) is 18.3 Å². The molecule has 1 aromatic rings. The molecule has 1 heterocycles. The van der Waals surface area contributed by atoms with Crippen LogP contribution in [0.1, 0.15) is 24.8 Å². The van der Waals surface area contributed by atoms with Crippen molar-refractivity contribution in [3.05, 3.63) is 5.01 Å². The van der Waals surface area contributed by atoms with Crippen LogP contribution in [0.3, 0.4) is 0 Å². The zero-order chi connectivity index (χ0) is 12.2. The number of anilines is 1. The van der Waals surface area contributed by atoms with Crippen LogP contribution in [0.15, 0.2) is 0 Å². The Balaban J connectivity index is 2.69. The van der Waals surface area contributed by atoms with Gasteiger partial charge in [0.2, 0.25) is 10.1 Å². The van der Waals surface area contributed by atoms with Gasteiger partial charge >= 0.3 is 6.18 Å². The van der Waals surface area contributed by atoms with Crippen molar-refractivity contribution in [3.8, 4) is 12.3 Å². The number of hydrogen-bond acceptors (Lipinski definition) is 4. The van der Waals surface area contributed by atoms with E-state index in [0.717, 1.165) is 0 Å². The Hall–Kier alpha value is -1.29. The van der Waals surface area contributed by atoms with Crippen molar-refractivity contribution < 1.29 is 13.2 Å². The highest BCUT2D eigenvalue weighted by atomic mass is 32.1. The maximum Gasteiger partial charge on any atom is 0.445 e. The van der Waals surface area contributed by atoms with Gasteiger partial charge in [-0.2, -0.15) is 13.2 Å². The van der Waals surface area contributed by atoms with Gasteiger partial charge in [-0.1, -0.05) is 18.3 Å². The molecule has 0 saturated heterocycles. The molecule has 1 rings (SSSR count). The summed E-state index contributed by atoms with van der Waals surface area (Å²) in [6.07, 6.45) is 1.85. The SMILES string of the molecule is C#CCC(CC)Nc1nnc(C(F)(F)F)s1. The van der Waals surface area contributed by atoms with Gasteiger partial charge < -0.3 is 5.32 Å². The zero-order valence-corrected chi connectivity index (χ0v) is 9.32. The number of aromatic nitrogens is 2. The number of halogens is 3. The van der Waals surface area contributed by atoms with Gasteiger partial charge in [-0.05, 0) is 6.42 Å². The highest BCUT2D eigenvalue weighted by molar-refractivity contribution is 7.15. The van der Waals surface area contributed by atoms with Crippen LogP contribution in [0.25, 0.3) is 0 Å². The largest absolute Gasteiger partial charge is 0.445 e. The molecule has 16 heavy (non-hydrogen) atoms. The van der Waals surface area contributed by atoms with Crippen molar-refractivity contribution in [2.24, 2.45) is 0 Å². The molecule has 0 aliphatic heterocycles. The normalized spacial score (nSPS) is 13.2. The number of nitrogens with one attached hydrogen (secondary N) is 1. The fourth-order valence-corrected chi connectivity index (χ4v) is 1.70. The van der Waals surface area contributed by atoms with Gasteiger partial charge in [0.25, 0.3) is 0 Å². The average Bonchev–Trinajstić information content (AvgIpc) is 2.65. The lowest BCUT2D eigenvalue weighted by Crippen LogP contribution is -2.17. The summed E-state index contributed by atoms with van der Waals surface area (Å²) >= 11 is 0.482. The summed E-state index contributed by atoms with van der Waals surface area (Å²) in [5.74, 6) is 2.45. The first kappa shape index (κ1) is 12.8. The van der Waals surface area contributed by atoms with Crippen molar-refractivity contribution in [1.29, 1.82) is 0 Å². The van der Waals surface area contributed by atoms with Crippen LogP contribution >= 0.6 is 11.3 Å². The third-order valence-electron chi connectivity index (χ3n) is 1.85. The fourth-order valence-electron chi connectivity index (χ4n) is 1.01. The van der Waals surface area contributed by atoms with E-state index in [-0.39, 0.29) is 11.2 Å². The van der Waals surface area contributed by atoms with Gasteiger partial charge in [0.15, 0.2) is 0 Å². The maximum atomic E-state index is 12.2. The van der Waals surface area contributed by atoms with Crippen LogP contribution in [0, 0.1) is 12.3 Å². The van der Waals surface area contributed by atoms with E-state index >= 15 is 0 Å². The van der Waals surface area contributed by atoms with E-state index < -0.39 is 11.2 Å². The molecule has 1 unspecified atom stereocenters. The molecule has 0 radical (unpaired) electrons. The summed E-state index contributed by atoms with van der Waals surface area (Å²) in [6, 6.07) is -0.0703. The third-order valence-corrected chi connectivity index (χ3v) is 2.75. The van der Waals surface area contributed by atoms with Gasteiger partial charge in [0.05, 0.1) is 0 Å². The molecular formula is C9H10F3N3S.